The first-order valence-corrected chi connectivity index (χ1v) is 19.6. The molecule has 0 rings (SSSR count). The van der Waals surface area contributed by atoms with Gasteiger partial charge in [0.2, 0.25) is 0 Å². The first-order valence-electron chi connectivity index (χ1n) is 19.6. The van der Waals surface area contributed by atoms with Crippen LogP contribution in [0.15, 0.2) is 85.1 Å². The third kappa shape index (κ3) is 32.4. The van der Waals surface area contributed by atoms with E-state index in [1.165, 1.54) is 25.7 Å². The largest absolute Gasteiger partial charge is 0.477 e. The minimum atomic E-state index is -0.895. The molecular weight excluding hydrogens is 654 g/mol. The summed E-state index contributed by atoms with van der Waals surface area (Å²) in [7, 11) is 5.47. The maximum absolute atomic E-state index is 12.6. The van der Waals surface area contributed by atoms with Crippen LogP contribution in [0.2, 0.25) is 0 Å². The van der Waals surface area contributed by atoms with Gasteiger partial charge in [-0.25, -0.2) is 4.79 Å². The van der Waals surface area contributed by atoms with E-state index in [0.29, 0.717) is 19.3 Å². The lowest BCUT2D eigenvalue weighted by molar-refractivity contribution is -0.887. The molecule has 0 radical (unpaired) electrons. The van der Waals surface area contributed by atoms with Gasteiger partial charge in [-0.3, -0.25) is 9.59 Å². The summed E-state index contributed by atoms with van der Waals surface area (Å²) in [5.74, 6) is -1.63. The van der Waals surface area contributed by atoms with E-state index in [1.54, 1.807) is 0 Å². The van der Waals surface area contributed by atoms with Crippen molar-refractivity contribution >= 4 is 17.9 Å². The van der Waals surface area contributed by atoms with E-state index < -0.39 is 18.1 Å². The monoisotopic (exact) mass is 727 g/mol. The molecule has 0 aromatic heterocycles. The lowest BCUT2D eigenvalue weighted by atomic mass is 10.1. The standard InChI is InChI=1S/C44H71NO7/c1-6-8-10-12-14-16-18-19-20-21-22-23-25-27-29-31-33-35-43(47)52-40(38-50-37-36-41(44(48)49)45(3,4)5)39-51-42(46)34-32-30-28-26-24-17-15-13-11-9-7-2/h9,11,14-17,19-20,22-23,26-29,40-41H,6-8,10,12-13,18,21,24-25,30-39H2,1-5H3/p+1/b11-9+,16-14+,17-15+,20-19+,23-22+,28-26+,29-27+. The fraction of sp³-hybridized carbons (Fsp3) is 0.614. The van der Waals surface area contributed by atoms with Gasteiger partial charge in [-0.05, 0) is 77.0 Å². The van der Waals surface area contributed by atoms with Crippen LogP contribution in [0.1, 0.15) is 123 Å². The van der Waals surface area contributed by atoms with Crippen LogP contribution >= 0.6 is 0 Å². The van der Waals surface area contributed by atoms with Crippen molar-refractivity contribution in [1.29, 1.82) is 0 Å². The Morgan fingerprint density at radius 1 is 0.596 bits per heavy atom. The van der Waals surface area contributed by atoms with Gasteiger partial charge in [0.05, 0.1) is 34.4 Å². The summed E-state index contributed by atoms with van der Waals surface area (Å²) in [6.45, 7) is 4.43. The Bertz CT molecular complexity index is 1120. The van der Waals surface area contributed by atoms with Crippen molar-refractivity contribution in [3.63, 3.8) is 0 Å². The number of hydrogen-bond acceptors (Lipinski definition) is 6. The first-order chi connectivity index (χ1) is 25.1. The average Bonchev–Trinajstić information content (AvgIpc) is 3.09. The molecule has 0 aliphatic rings. The molecule has 0 fully saturated rings. The van der Waals surface area contributed by atoms with Crippen LogP contribution in [0, 0.1) is 0 Å². The molecule has 0 spiro atoms. The molecule has 0 saturated carbocycles. The number of likely N-dealkylation sites (N-methyl/N-ethyl adjacent to an activating group) is 1. The molecule has 0 amide bonds. The summed E-state index contributed by atoms with van der Waals surface area (Å²) < 4.78 is 17.1. The first kappa shape index (κ1) is 48.5. The lowest BCUT2D eigenvalue weighted by Crippen LogP contribution is -2.50. The molecule has 2 unspecified atom stereocenters. The number of carbonyl (C=O) groups is 3. The number of ether oxygens (including phenoxy) is 3. The van der Waals surface area contributed by atoms with Crippen molar-refractivity contribution in [2.24, 2.45) is 0 Å². The highest BCUT2D eigenvalue weighted by Crippen LogP contribution is 2.10. The molecule has 0 aliphatic heterocycles. The zero-order valence-electron chi connectivity index (χ0n) is 33.2. The van der Waals surface area contributed by atoms with Crippen LogP contribution in [-0.4, -0.2) is 80.6 Å². The molecule has 8 nitrogen and oxygen atoms in total. The van der Waals surface area contributed by atoms with E-state index in [-0.39, 0.29) is 49.1 Å². The van der Waals surface area contributed by atoms with E-state index >= 15 is 0 Å². The number of unbranched alkanes of at least 4 members (excludes halogenated alkanes) is 5. The second-order valence-electron chi connectivity index (χ2n) is 13.8. The minimum absolute atomic E-state index is 0.0180. The van der Waals surface area contributed by atoms with Crippen molar-refractivity contribution in [1.82, 2.24) is 0 Å². The highest BCUT2D eigenvalue weighted by Gasteiger charge is 2.31. The smallest absolute Gasteiger partial charge is 0.362 e. The molecule has 2 atom stereocenters. The normalized spacial score (nSPS) is 13.9. The van der Waals surface area contributed by atoms with Gasteiger partial charge < -0.3 is 23.8 Å². The number of rotatable bonds is 33. The van der Waals surface area contributed by atoms with E-state index in [4.69, 9.17) is 14.2 Å². The van der Waals surface area contributed by atoms with Gasteiger partial charge in [-0.1, -0.05) is 112 Å². The second-order valence-corrected chi connectivity index (χ2v) is 13.8. The molecule has 0 aromatic rings. The van der Waals surface area contributed by atoms with Gasteiger partial charge in [-0.2, -0.15) is 0 Å². The summed E-state index contributed by atoms with van der Waals surface area (Å²) in [6, 6.07) is -0.635. The number of esters is 2. The van der Waals surface area contributed by atoms with Crippen LogP contribution in [0.5, 0.6) is 0 Å². The van der Waals surface area contributed by atoms with Crippen molar-refractivity contribution in [3.05, 3.63) is 85.1 Å². The zero-order chi connectivity index (χ0) is 38.5. The molecule has 0 aliphatic carbocycles. The number of carboxylic acids is 1. The van der Waals surface area contributed by atoms with Gasteiger partial charge in [0.15, 0.2) is 12.1 Å². The minimum Gasteiger partial charge on any atom is -0.477 e. The van der Waals surface area contributed by atoms with Crippen molar-refractivity contribution < 1.29 is 38.2 Å². The third-order valence-corrected chi connectivity index (χ3v) is 8.03. The number of aliphatic carboxylic acids is 1. The van der Waals surface area contributed by atoms with Crippen molar-refractivity contribution in [3.8, 4) is 0 Å². The predicted octanol–water partition coefficient (Wildman–Crippen LogP) is 10.2. The number of carboxylic acid groups (broad SMARTS) is 1. The average molecular weight is 727 g/mol. The number of allylic oxidation sites excluding steroid dienone is 14. The fourth-order valence-corrected chi connectivity index (χ4v) is 4.99. The predicted molar refractivity (Wildman–Crippen MR) is 215 cm³/mol. The Balaban J connectivity index is 4.59. The van der Waals surface area contributed by atoms with Gasteiger partial charge in [0.1, 0.15) is 6.61 Å². The van der Waals surface area contributed by atoms with Gasteiger partial charge in [0, 0.05) is 19.3 Å². The van der Waals surface area contributed by atoms with E-state index in [9.17, 15) is 19.5 Å². The number of carbonyl (C=O) groups excluding carboxylic acids is 2. The van der Waals surface area contributed by atoms with Crippen molar-refractivity contribution in [2.75, 3.05) is 41.0 Å². The molecule has 0 bridgehead atoms. The maximum atomic E-state index is 12.6. The number of quaternary nitrogens is 1. The fourth-order valence-electron chi connectivity index (χ4n) is 4.99. The summed E-state index contributed by atoms with van der Waals surface area (Å²) >= 11 is 0. The molecule has 0 saturated heterocycles. The zero-order valence-corrected chi connectivity index (χ0v) is 33.2. The molecule has 8 heteroatoms. The maximum Gasteiger partial charge on any atom is 0.362 e. The highest BCUT2D eigenvalue weighted by atomic mass is 16.6. The molecule has 0 heterocycles. The van der Waals surface area contributed by atoms with Crippen LogP contribution in [0.4, 0.5) is 0 Å². The number of hydrogen-bond donors (Lipinski definition) is 1. The third-order valence-electron chi connectivity index (χ3n) is 8.03. The molecule has 294 valence electrons. The van der Waals surface area contributed by atoms with Crippen LogP contribution in [0.25, 0.3) is 0 Å². The summed E-state index contributed by atoms with van der Waals surface area (Å²) in [5, 5.41) is 9.58. The van der Waals surface area contributed by atoms with E-state index in [0.717, 1.165) is 51.4 Å². The Labute approximate surface area is 316 Å². The molecular formula is C44H72NO7+. The topological polar surface area (TPSA) is 99.1 Å². The van der Waals surface area contributed by atoms with Gasteiger partial charge >= 0.3 is 17.9 Å². The molecule has 52 heavy (non-hydrogen) atoms. The molecule has 0 aromatic carbocycles. The Kier molecular flexibility index (Phi) is 32.3. The Hall–Kier alpha value is -3.49. The van der Waals surface area contributed by atoms with E-state index in [2.05, 4.69) is 98.9 Å². The lowest BCUT2D eigenvalue weighted by Gasteiger charge is -2.31. The van der Waals surface area contributed by atoms with Crippen LogP contribution < -0.4 is 0 Å². The SMILES string of the molecule is CC/C=C/C/C=C/C/C=C/CCCC(=O)OCC(COCCC(C(=O)O)[N+](C)(C)C)OC(=O)CCC/C=C/C/C=C/C/C=C/C/C=C/CCCCC. The molecule has 1 N–H and O–H groups in total. The van der Waals surface area contributed by atoms with Crippen LogP contribution in [-0.2, 0) is 28.6 Å². The summed E-state index contributed by atoms with van der Waals surface area (Å²) in [5.41, 5.74) is 0. The summed E-state index contributed by atoms with van der Waals surface area (Å²) in [6.07, 6.45) is 43.6. The van der Waals surface area contributed by atoms with Gasteiger partial charge in [-0.15, -0.1) is 0 Å². The van der Waals surface area contributed by atoms with E-state index in [1.807, 2.05) is 21.1 Å². The quantitative estimate of drug-likeness (QED) is 0.0311. The number of nitrogens with zero attached hydrogens (tertiary/aromatic N) is 1. The highest BCUT2D eigenvalue weighted by molar-refractivity contribution is 5.72. The summed E-state index contributed by atoms with van der Waals surface area (Å²) in [4.78, 5) is 36.7. The van der Waals surface area contributed by atoms with Crippen LogP contribution in [0.3, 0.4) is 0 Å². The second kappa shape index (κ2) is 34.6. The Morgan fingerprint density at radius 2 is 1.06 bits per heavy atom. The van der Waals surface area contributed by atoms with Crippen molar-refractivity contribution in [2.45, 2.75) is 135 Å². The Morgan fingerprint density at radius 3 is 1.52 bits per heavy atom. The van der Waals surface area contributed by atoms with Gasteiger partial charge in [0.25, 0.3) is 0 Å².